The third-order valence-electron chi connectivity index (χ3n) is 4.33. The lowest BCUT2D eigenvalue weighted by Gasteiger charge is -2.10. The van der Waals surface area contributed by atoms with E-state index >= 15 is 0 Å². The Kier molecular flexibility index (Phi) is 7.18. The monoisotopic (exact) mass is 413 g/mol. The van der Waals surface area contributed by atoms with Crippen molar-refractivity contribution in [2.75, 3.05) is 0 Å². The molecule has 28 heavy (non-hydrogen) atoms. The maximum atomic E-state index is 6.25. The Morgan fingerprint density at radius 3 is 2.57 bits per heavy atom. The van der Waals surface area contributed by atoms with Gasteiger partial charge in [-0.15, -0.1) is 16.8 Å². The third kappa shape index (κ3) is 5.18. The first-order chi connectivity index (χ1) is 13.6. The van der Waals surface area contributed by atoms with Crippen molar-refractivity contribution in [1.29, 1.82) is 0 Å². The molecule has 0 saturated carbocycles. The number of ether oxygens (including phenoxy) is 1. The fourth-order valence-electron chi connectivity index (χ4n) is 2.70. The van der Waals surface area contributed by atoms with E-state index < -0.39 is 0 Å². The van der Waals surface area contributed by atoms with Gasteiger partial charge in [0, 0.05) is 17.3 Å². The minimum Gasteiger partial charge on any atom is -0.486 e. The first kappa shape index (κ1) is 20.5. The highest BCUT2D eigenvalue weighted by atomic mass is 35.5. The average Bonchev–Trinajstić information content (AvgIpc) is 3.08. The lowest BCUT2D eigenvalue weighted by atomic mass is 10.0. The molecular weight excluding hydrogens is 390 g/mol. The van der Waals surface area contributed by atoms with Gasteiger partial charge in [0.2, 0.25) is 0 Å². The van der Waals surface area contributed by atoms with Crippen LogP contribution in [0.4, 0.5) is 0 Å². The van der Waals surface area contributed by atoms with Gasteiger partial charge in [0.1, 0.15) is 12.4 Å². The summed E-state index contributed by atoms with van der Waals surface area (Å²) >= 11 is 7.86. The van der Waals surface area contributed by atoms with E-state index in [-0.39, 0.29) is 0 Å². The number of nitrogens with zero attached hydrogens (tertiary/aromatic N) is 3. The molecule has 146 valence electrons. The van der Waals surface area contributed by atoms with Crippen molar-refractivity contribution in [1.82, 2.24) is 14.8 Å². The van der Waals surface area contributed by atoms with Crippen LogP contribution in [0.3, 0.4) is 0 Å². The van der Waals surface area contributed by atoms with Gasteiger partial charge in [-0.05, 0) is 35.2 Å². The average molecular weight is 414 g/mol. The maximum absolute atomic E-state index is 6.25. The van der Waals surface area contributed by atoms with Crippen LogP contribution in [0.25, 0.3) is 0 Å². The molecule has 0 aliphatic rings. The first-order valence-electron chi connectivity index (χ1n) is 9.20. The summed E-state index contributed by atoms with van der Waals surface area (Å²) in [5.41, 5.74) is 2.37. The van der Waals surface area contributed by atoms with Gasteiger partial charge in [-0.3, -0.25) is 4.57 Å². The van der Waals surface area contributed by atoms with Gasteiger partial charge in [-0.25, -0.2) is 0 Å². The summed E-state index contributed by atoms with van der Waals surface area (Å²) in [7, 11) is 0. The van der Waals surface area contributed by atoms with Gasteiger partial charge < -0.3 is 4.74 Å². The second-order valence-electron chi connectivity index (χ2n) is 6.69. The highest BCUT2D eigenvalue weighted by Crippen LogP contribution is 2.26. The van der Waals surface area contributed by atoms with Gasteiger partial charge in [0.25, 0.3) is 0 Å². The van der Waals surface area contributed by atoms with E-state index in [4.69, 9.17) is 16.3 Å². The molecule has 4 nitrogen and oxygen atoms in total. The summed E-state index contributed by atoms with van der Waals surface area (Å²) in [5, 5.41) is 10.2. The molecule has 2 aromatic carbocycles. The van der Waals surface area contributed by atoms with Gasteiger partial charge in [0.05, 0.1) is 0 Å². The zero-order valence-electron chi connectivity index (χ0n) is 16.1. The van der Waals surface area contributed by atoms with Crippen molar-refractivity contribution < 1.29 is 4.74 Å². The van der Waals surface area contributed by atoms with Crippen molar-refractivity contribution in [3.05, 3.63) is 83.2 Å². The van der Waals surface area contributed by atoms with Gasteiger partial charge in [-0.2, -0.15) is 0 Å². The molecule has 3 rings (SSSR count). The largest absolute Gasteiger partial charge is 0.486 e. The Hall–Kier alpha value is -2.24. The van der Waals surface area contributed by atoms with Crippen LogP contribution in [0.2, 0.25) is 5.02 Å². The minimum atomic E-state index is 0.356. The summed E-state index contributed by atoms with van der Waals surface area (Å²) < 4.78 is 7.95. The Labute approximate surface area is 175 Å². The number of hydrogen-bond acceptors (Lipinski definition) is 4. The Morgan fingerprint density at radius 1 is 1.14 bits per heavy atom. The molecule has 1 heterocycles. The topological polar surface area (TPSA) is 39.9 Å². The van der Waals surface area contributed by atoms with Crippen molar-refractivity contribution >= 4 is 23.4 Å². The summed E-state index contributed by atoms with van der Waals surface area (Å²) in [6.45, 7) is 9.18. The number of allylic oxidation sites excluding steroid dienone is 1. The molecule has 1 aromatic heterocycles. The molecular formula is C22H24ClN3OS. The van der Waals surface area contributed by atoms with Crippen LogP contribution in [0.15, 0.2) is 66.3 Å². The van der Waals surface area contributed by atoms with E-state index in [9.17, 15) is 0 Å². The predicted molar refractivity (Wildman–Crippen MR) is 116 cm³/mol. The van der Waals surface area contributed by atoms with Crippen molar-refractivity contribution in [2.24, 2.45) is 0 Å². The second kappa shape index (κ2) is 9.80. The molecule has 0 bridgehead atoms. The first-order valence-corrected chi connectivity index (χ1v) is 10.6. The lowest BCUT2D eigenvalue weighted by Crippen LogP contribution is -2.07. The SMILES string of the molecule is C=CCn1c(COc2ccc(C(C)C)cc2)nnc1SCc1ccccc1Cl. The van der Waals surface area contributed by atoms with Crippen LogP contribution >= 0.6 is 23.4 Å². The number of thioether (sulfide) groups is 1. The second-order valence-corrected chi connectivity index (χ2v) is 8.04. The van der Waals surface area contributed by atoms with Crippen LogP contribution in [-0.2, 0) is 18.9 Å². The molecule has 0 N–H and O–H groups in total. The van der Waals surface area contributed by atoms with E-state index in [0.717, 1.165) is 33.1 Å². The molecule has 0 amide bonds. The van der Waals surface area contributed by atoms with Gasteiger partial charge in [-0.1, -0.05) is 73.6 Å². The summed E-state index contributed by atoms with van der Waals surface area (Å²) in [6, 6.07) is 16.0. The molecule has 0 saturated heterocycles. The van der Waals surface area contributed by atoms with Crippen molar-refractivity contribution in [3.8, 4) is 5.75 Å². The molecule has 0 unspecified atom stereocenters. The summed E-state index contributed by atoms with van der Waals surface area (Å²) in [6.07, 6.45) is 1.84. The number of hydrogen-bond donors (Lipinski definition) is 0. The predicted octanol–water partition coefficient (Wildman–Crippen LogP) is 6.11. The lowest BCUT2D eigenvalue weighted by molar-refractivity contribution is 0.289. The summed E-state index contributed by atoms with van der Waals surface area (Å²) in [5.74, 6) is 2.83. The van der Waals surface area contributed by atoms with Crippen LogP contribution in [0.1, 0.15) is 36.7 Å². The fourth-order valence-corrected chi connectivity index (χ4v) is 3.95. The smallest absolute Gasteiger partial charge is 0.191 e. The van der Waals surface area contributed by atoms with E-state index in [0.29, 0.717) is 19.1 Å². The zero-order chi connectivity index (χ0) is 19.9. The van der Waals surface area contributed by atoms with Crippen molar-refractivity contribution in [2.45, 2.75) is 43.8 Å². The molecule has 0 atom stereocenters. The number of benzene rings is 2. The number of rotatable bonds is 9. The van der Waals surface area contributed by atoms with Crippen LogP contribution in [0.5, 0.6) is 5.75 Å². The van der Waals surface area contributed by atoms with E-state index in [1.165, 1.54) is 5.56 Å². The van der Waals surface area contributed by atoms with Crippen LogP contribution in [-0.4, -0.2) is 14.8 Å². The van der Waals surface area contributed by atoms with E-state index in [1.54, 1.807) is 11.8 Å². The molecule has 6 heteroatoms. The Balaban J connectivity index is 1.68. The minimum absolute atomic E-state index is 0.356. The number of halogens is 1. The molecule has 0 fully saturated rings. The van der Waals surface area contributed by atoms with E-state index in [1.807, 2.05) is 47.0 Å². The Morgan fingerprint density at radius 2 is 1.89 bits per heavy atom. The van der Waals surface area contributed by atoms with Crippen LogP contribution < -0.4 is 4.74 Å². The molecule has 0 aliphatic carbocycles. The third-order valence-corrected chi connectivity index (χ3v) is 5.72. The highest BCUT2D eigenvalue weighted by Gasteiger charge is 2.13. The van der Waals surface area contributed by atoms with Crippen molar-refractivity contribution in [3.63, 3.8) is 0 Å². The molecule has 0 spiro atoms. The van der Waals surface area contributed by atoms with E-state index in [2.05, 4.69) is 42.8 Å². The quantitative estimate of drug-likeness (QED) is 0.313. The normalized spacial score (nSPS) is 11.0. The zero-order valence-corrected chi connectivity index (χ0v) is 17.7. The van der Waals surface area contributed by atoms with Gasteiger partial charge >= 0.3 is 0 Å². The Bertz CT molecular complexity index is 922. The van der Waals surface area contributed by atoms with Gasteiger partial charge in [0.15, 0.2) is 11.0 Å². The standard InChI is InChI=1S/C22H24ClN3OS/c1-4-13-26-21(14-27-19-11-9-17(10-12-19)16(2)3)24-25-22(26)28-15-18-7-5-6-8-20(18)23/h4-12,16H,1,13-15H2,2-3H3. The highest BCUT2D eigenvalue weighted by molar-refractivity contribution is 7.98. The number of aromatic nitrogens is 3. The fraction of sp³-hybridized carbons (Fsp3) is 0.273. The molecule has 0 aliphatic heterocycles. The molecule has 3 aromatic rings. The maximum Gasteiger partial charge on any atom is 0.191 e. The van der Waals surface area contributed by atoms with Crippen LogP contribution in [0, 0.1) is 0 Å². The molecule has 0 radical (unpaired) electrons. The summed E-state index contributed by atoms with van der Waals surface area (Å²) in [4.78, 5) is 0.